The summed E-state index contributed by atoms with van der Waals surface area (Å²) in [6, 6.07) is 3.07. The standard InChI is InChI=1S/C12H13ClFNO4S/c1-7-5-15(6-9(7)12(16)17)20(18,19)11-4-8(14)2-3-10(11)13/h2-4,7,9H,5-6H2,1H3,(H,16,17). The summed E-state index contributed by atoms with van der Waals surface area (Å²) in [6.07, 6.45) is 0. The highest BCUT2D eigenvalue weighted by atomic mass is 35.5. The molecule has 1 aromatic carbocycles. The molecule has 2 atom stereocenters. The zero-order chi connectivity index (χ0) is 15.1. The highest BCUT2D eigenvalue weighted by molar-refractivity contribution is 7.89. The van der Waals surface area contributed by atoms with Gasteiger partial charge in [0.25, 0.3) is 0 Å². The maximum absolute atomic E-state index is 13.2. The summed E-state index contributed by atoms with van der Waals surface area (Å²) in [5.41, 5.74) is 0. The fourth-order valence-corrected chi connectivity index (χ4v) is 4.31. The Morgan fingerprint density at radius 1 is 1.45 bits per heavy atom. The number of carboxylic acid groups (broad SMARTS) is 1. The number of nitrogens with zero attached hydrogens (tertiary/aromatic N) is 1. The molecule has 1 aliphatic rings. The van der Waals surface area contributed by atoms with Gasteiger partial charge < -0.3 is 5.11 Å². The topological polar surface area (TPSA) is 74.7 Å². The fourth-order valence-electron chi connectivity index (χ4n) is 2.25. The average Bonchev–Trinajstić information content (AvgIpc) is 2.75. The number of aliphatic carboxylic acids is 1. The minimum absolute atomic E-state index is 0.0755. The third kappa shape index (κ3) is 2.65. The lowest BCUT2D eigenvalue weighted by molar-refractivity contribution is -0.142. The van der Waals surface area contributed by atoms with Gasteiger partial charge in [0, 0.05) is 13.1 Å². The Balaban J connectivity index is 2.37. The van der Waals surface area contributed by atoms with Crippen molar-refractivity contribution in [2.45, 2.75) is 11.8 Å². The molecule has 0 aliphatic carbocycles. The number of benzene rings is 1. The number of halogens is 2. The van der Waals surface area contributed by atoms with Crippen LogP contribution in [0.2, 0.25) is 5.02 Å². The molecule has 0 spiro atoms. The minimum Gasteiger partial charge on any atom is -0.481 e. The molecular formula is C12H13ClFNO4S. The molecule has 1 aromatic rings. The zero-order valence-electron chi connectivity index (χ0n) is 10.6. The Hall–Kier alpha value is -1.18. The summed E-state index contributed by atoms with van der Waals surface area (Å²) in [5, 5.41) is 8.94. The van der Waals surface area contributed by atoms with Crippen LogP contribution in [0.4, 0.5) is 4.39 Å². The molecule has 1 saturated heterocycles. The van der Waals surface area contributed by atoms with E-state index in [1.54, 1.807) is 6.92 Å². The molecule has 0 amide bonds. The summed E-state index contributed by atoms with van der Waals surface area (Å²) < 4.78 is 39.1. The smallest absolute Gasteiger partial charge is 0.308 e. The van der Waals surface area contributed by atoms with E-state index in [1.165, 1.54) is 0 Å². The van der Waals surface area contributed by atoms with Crippen molar-refractivity contribution in [1.29, 1.82) is 0 Å². The van der Waals surface area contributed by atoms with Gasteiger partial charge in [-0.15, -0.1) is 0 Å². The van der Waals surface area contributed by atoms with Crippen LogP contribution in [0.1, 0.15) is 6.92 Å². The summed E-state index contributed by atoms with van der Waals surface area (Å²) in [4.78, 5) is 10.7. The summed E-state index contributed by atoms with van der Waals surface area (Å²) in [6.45, 7) is 1.61. The van der Waals surface area contributed by atoms with Crippen molar-refractivity contribution in [3.63, 3.8) is 0 Å². The van der Waals surface area contributed by atoms with E-state index in [4.69, 9.17) is 16.7 Å². The van der Waals surface area contributed by atoms with E-state index in [-0.39, 0.29) is 28.9 Å². The molecule has 0 bridgehead atoms. The first-order chi connectivity index (χ1) is 9.23. The van der Waals surface area contributed by atoms with Gasteiger partial charge in [0.2, 0.25) is 10.0 Å². The largest absolute Gasteiger partial charge is 0.481 e. The first kappa shape index (κ1) is 15.2. The number of carbonyl (C=O) groups is 1. The van der Waals surface area contributed by atoms with Gasteiger partial charge in [0.1, 0.15) is 10.7 Å². The third-order valence-electron chi connectivity index (χ3n) is 3.41. The highest BCUT2D eigenvalue weighted by Crippen LogP contribution is 2.31. The van der Waals surface area contributed by atoms with E-state index in [0.29, 0.717) is 0 Å². The summed E-state index contributed by atoms with van der Waals surface area (Å²) in [7, 11) is -3.99. The molecule has 0 saturated carbocycles. The number of rotatable bonds is 3. The van der Waals surface area contributed by atoms with Gasteiger partial charge in [0.05, 0.1) is 10.9 Å². The second-order valence-corrected chi connectivity index (χ2v) is 7.13. The number of sulfonamides is 1. The van der Waals surface area contributed by atoms with Crippen LogP contribution < -0.4 is 0 Å². The molecule has 110 valence electrons. The van der Waals surface area contributed by atoms with Crippen molar-refractivity contribution < 1.29 is 22.7 Å². The van der Waals surface area contributed by atoms with Gasteiger partial charge in [-0.1, -0.05) is 18.5 Å². The zero-order valence-corrected chi connectivity index (χ0v) is 12.2. The van der Waals surface area contributed by atoms with Crippen LogP contribution in [0.15, 0.2) is 23.1 Å². The van der Waals surface area contributed by atoms with Crippen LogP contribution in [-0.4, -0.2) is 36.9 Å². The van der Waals surface area contributed by atoms with Gasteiger partial charge in [-0.05, 0) is 24.1 Å². The first-order valence-corrected chi connectivity index (χ1v) is 7.73. The van der Waals surface area contributed by atoms with E-state index in [1.807, 2.05) is 0 Å². The maximum Gasteiger partial charge on any atom is 0.308 e. The van der Waals surface area contributed by atoms with Crippen molar-refractivity contribution in [3.8, 4) is 0 Å². The molecule has 2 unspecified atom stereocenters. The van der Waals surface area contributed by atoms with Crippen LogP contribution in [-0.2, 0) is 14.8 Å². The Kier molecular flexibility index (Phi) is 4.04. The molecule has 0 aromatic heterocycles. The maximum atomic E-state index is 13.2. The van der Waals surface area contributed by atoms with Crippen molar-refractivity contribution in [3.05, 3.63) is 29.0 Å². The van der Waals surface area contributed by atoms with Gasteiger partial charge >= 0.3 is 5.97 Å². The Morgan fingerprint density at radius 3 is 2.65 bits per heavy atom. The predicted octanol–water partition coefficient (Wildman–Crippen LogP) is 1.82. The van der Waals surface area contributed by atoms with Crippen LogP contribution in [0.5, 0.6) is 0 Å². The number of hydrogen-bond donors (Lipinski definition) is 1. The van der Waals surface area contributed by atoms with E-state index in [9.17, 15) is 17.6 Å². The van der Waals surface area contributed by atoms with Crippen LogP contribution in [0, 0.1) is 17.7 Å². The van der Waals surface area contributed by atoms with Gasteiger partial charge in [-0.3, -0.25) is 4.79 Å². The van der Waals surface area contributed by atoms with Gasteiger partial charge in [0.15, 0.2) is 0 Å². The number of hydrogen-bond acceptors (Lipinski definition) is 3. The van der Waals surface area contributed by atoms with E-state index >= 15 is 0 Å². The van der Waals surface area contributed by atoms with Crippen LogP contribution in [0.25, 0.3) is 0 Å². The first-order valence-electron chi connectivity index (χ1n) is 5.91. The molecule has 5 nitrogen and oxygen atoms in total. The average molecular weight is 322 g/mol. The monoisotopic (exact) mass is 321 g/mol. The van der Waals surface area contributed by atoms with E-state index in [0.717, 1.165) is 22.5 Å². The molecule has 20 heavy (non-hydrogen) atoms. The summed E-state index contributed by atoms with van der Waals surface area (Å²) in [5.74, 6) is -2.83. The SMILES string of the molecule is CC1CN(S(=O)(=O)c2cc(F)ccc2Cl)CC1C(=O)O. The molecule has 0 radical (unpaired) electrons. The van der Waals surface area contributed by atoms with Crippen molar-refractivity contribution in [1.82, 2.24) is 4.31 Å². The molecule has 8 heteroatoms. The normalized spacial score (nSPS) is 23.9. The van der Waals surface area contributed by atoms with Gasteiger partial charge in [-0.25, -0.2) is 12.8 Å². The molecule has 1 fully saturated rings. The van der Waals surface area contributed by atoms with Gasteiger partial charge in [-0.2, -0.15) is 4.31 Å². The van der Waals surface area contributed by atoms with Crippen molar-refractivity contribution >= 4 is 27.6 Å². The Bertz CT molecular complexity index is 649. The molecule has 1 N–H and O–H groups in total. The lowest BCUT2D eigenvalue weighted by Gasteiger charge is -2.17. The van der Waals surface area contributed by atoms with Crippen LogP contribution in [0.3, 0.4) is 0 Å². The summed E-state index contributed by atoms with van der Waals surface area (Å²) >= 11 is 5.81. The van der Waals surface area contributed by atoms with Crippen LogP contribution >= 0.6 is 11.6 Å². The van der Waals surface area contributed by atoms with E-state index < -0.39 is 27.7 Å². The van der Waals surface area contributed by atoms with Crippen molar-refractivity contribution in [2.24, 2.45) is 11.8 Å². The third-order valence-corrected chi connectivity index (χ3v) is 5.72. The molecule has 1 heterocycles. The lowest BCUT2D eigenvalue weighted by atomic mass is 9.99. The molecular weight excluding hydrogens is 309 g/mol. The Labute approximate surface area is 121 Å². The molecule has 2 rings (SSSR count). The molecule has 1 aliphatic heterocycles. The Morgan fingerprint density at radius 2 is 2.10 bits per heavy atom. The van der Waals surface area contributed by atoms with E-state index in [2.05, 4.69) is 0 Å². The highest BCUT2D eigenvalue weighted by Gasteiger charge is 2.41. The minimum atomic E-state index is -3.99. The lowest BCUT2D eigenvalue weighted by Crippen LogP contribution is -2.30. The second kappa shape index (κ2) is 5.31. The number of carboxylic acids is 1. The second-order valence-electron chi connectivity index (χ2n) is 4.82. The predicted molar refractivity (Wildman–Crippen MR) is 70.5 cm³/mol. The quantitative estimate of drug-likeness (QED) is 0.921. The fraction of sp³-hybridized carbons (Fsp3) is 0.417. The van der Waals surface area contributed by atoms with Crippen molar-refractivity contribution in [2.75, 3.05) is 13.1 Å².